The van der Waals surface area contributed by atoms with E-state index in [4.69, 9.17) is 4.74 Å². The van der Waals surface area contributed by atoms with Gasteiger partial charge in [0, 0.05) is 22.6 Å². The summed E-state index contributed by atoms with van der Waals surface area (Å²) < 4.78 is 5.19. The number of hydrogen-bond acceptors (Lipinski definition) is 5. The lowest BCUT2D eigenvalue weighted by molar-refractivity contribution is -0.121. The van der Waals surface area contributed by atoms with Crippen molar-refractivity contribution in [1.82, 2.24) is 0 Å². The Morgan fingerprint density at radius 2 is 1.81 bits per heavy atom. The van der Waals surface area contributed by atoms with Gasteiger partial charge in [-0.1, -0.05) is 42.5 Å². The predicted molar refractivity (Wildman–Crippen MR) is 105 cm³/mol. The molecule has 0 saturated carbocycles. The number of anilines is 1. The number of phenolic OH excluding ortho intramolecular Hbond substituents is 1. The molecule has 0 aromatic heterocycles. The number of rotatable bonds is 3. The van der Waals surface area contributed by atoms with Crippen molar-refractivity contribution in [1.29, 1.82) is 0 Å². The van der Waals surface area contributed by atoms with Crippen LogP contribution in [-0.4, -0.2) is 35.9 Å². The first-order valence-corrected chi connectivity index (χ1v) is 9.54. The molecule has 0 unspecified atom stereocenters. The van der Waals surface area contributed by atoms with Gasteiger partial charge in [0.2, 0.25) is 0 Å². The number of fused-ring (bicyclic) bond motifs is 2. The molecule has 0 atom stereocenters. The molecule has 0 radical (unpaired) electrons. The number of esters is 1. The molecule has 5 nitrogen and oxygen atoms in total. The molecule has 6 heteroatoms. The lowest BCUT2D eigenvalue weighted by atomic mass is 10.1. The monoisotopic (exact) mass is 379 g/mol. The molecular formula is C21H17NO4S. The van der Waals surface area contributed by atoms with E-state index in [1.54, 1.807) is 34.9 Å². The van der Waals surface area contributed by atoms with Crippen molar-refractivity contribution in [2.24, 2.45) is 0 Å². The van der Waals surface area contributed by atoms with Crippen LogP contribution < -0.4 is 4.90 Å². The van der Waals surface area contributed by atoms with Gasteiger partial charge in [-0.2, -0.15) is 0 Å². The van der Waals surface area contributed by atoms with Gasteiger partial charge in [0.25, 0.3) is 5.91 Å². The molecule has 1 aliphatic heterocycles. The highest BCUT2D eigenvalue weighted by Crippen LogP contribution is 2.34. The van der Waals surface area contributed by atoms with Crippen LogP contribution >= 0.6 is 11.8 Å². The van der Waals surface area contributed by atoms with Crippen LogP contribution in [0.25, 0.3) is 10.8 Å². The maximum atomic E-state index is 12.6. The molecule has 3 aromatic carbocycles. The summed E-state index contributed by atoms with van der Waals surface area (Å²) in [7, 11) is 0. The van der Waals surface area contributed by atoms with Gasteiger partial charge in [0.15, 0.2) is 6.61 Å². The average Bonchev–Trinajstić information content (AvgIpc) is 2.72. The molecule has 1 N–H and O–H groups in total. The summed E-state index contributed by atoms with van der Waals surface area (Å²) in [6.45, 7) is 0.198. The van der Waals surface area contributed by atoms with E-state index >= 15 is 0 Å². The number of thioether (sulfide) groups is 1. The van der Waals surface area contributed by atoms with Gasteiger partial charge in [-0.3, -0.25) is 4.79 Å². The van der Waals surface area contributed by atoms with Crippen LogP contribution in [0.15, 0.2) is 65.6 Å². The number of carbonyl (C=O) groups is 2. The summed E-state index contributed by atoms with van der Waals surface area (Å²) in [5.74, 6) is -0.338. The minimum absolute atomic E-state index is 0.0519. The van der Waals surface area contributed by atoms with Crippen molar-refractivity contribution in [2.45, 2.75) is 4.90 Å². The van der Waals surface area contributed by atoms with Gasteiger partial charge in [-0.25, -0.2) is 4.79 Å². The highest BCUT2D eigenvalue weighted by molar-refractivity contribution is 7.99. The van der Waals surface area contributed by atoms with Crippen molar-refractivity contribution in [3.8, 4) is 5.75 Å². The summed E-state index contributed by atoms with van der Waals surface area (Å²) in [5.41, 5.74) is 0.888. The number of benzene rings is 3. The summed E-state index contributed by atoms with van der Waals surface area (Å²) in [6, 6.07) is 18.1. The Labute approximate surface area is 160 Å². The van der Waals surface area contributed by atoms with Gasteiger partial charge in [0.05, 0.1) is 5.69 Å². The van der Waals surface area contributed by atoms with Crippen LogP contribution in [0.2, 0.25) is 0 Å². The Balaban J connectivity index is 1.49. The maximum Gasteiger partial charge on any atom is 0.342 e. The topological polar surface area (TPSA) is 66.8 Å². The largest absolute Gasteiger partial charge is 0.506 e. The molecule has 0 bridgehead atoms. The summed E-state index contributed by atoms with van der Waals surface area (Å²) >= 11 is 1.70. The quantitative estimate of drug-likeness (QED) is 0.701. The Morgan fingerprint density at radius 1 is 1.04 bits per heavy atom. The van der Waals surface area contributed by atoms with Crippen molar-refractivity contribution < 1.29 is 19.4 Å². The fourth-order valence-electron chi connectivity index (χ4n) is 3.13. The highest BCUT2D eigenvalue weighted by Gasteiger charge is 2.24. The molecule has 0 aliphatic carbocycles. The van der Waals surface area contributed by atoms with Gasteiger partial charge < -0.3 is 14.7 Å². The number of para-hydroxylation sites is 1. The number of nitrogens with zero attached hydrogens (tertiary/aromatic N) is 1. The third-order valence-electron chi connectivity index (χ3n) is 4.48. The van der Waals surface area contributed by atoms with Crippen LogP contribution in [0, 0.1) is 0 Å². The molecular weight excluding hydrogens is 362 g/mol. The molecule has 1 aliphatic rings. The third-order valence-corrected chi connectivity index (χ3v) is 5.52. The zero-order chi connectivity index (χ0) is 18.8. The normalized spacial score (nSPS) is 13.3. The number of aromatic hydroxyl groups is 1. The van der Waals surface area contributed by atoms with Gasteiger partial charge in [-0.15, -0.1) is 11.8 Å². The second-order valence-electron chi connectivity index (χ2n) is 6.12. The van der Waals surface area contributed by atoms with Crippen molar-refractivity contribution in [2.75, 3.05) is 23.8 Å². The standard InChI is InChI=1S/C21H17NO4S/c23-19(22-11-12-27-18-8-4-3-7-17(18)22)13-26-21(25)16-10-9-14-5-1-2-6-15(14)20(16)24/h1-10,24H,11-13H2. The molecule has 27 heavy (non-hydrogen) atoms. The number of amides is 1. The number of carbonyl (C=O) groups excluding carboxylic acids is 2. The second-order valence-corrected chi connectivity index (χ2v) is 7.26. The Bertz CT molecular complexity index is 1030. The number of phenols is 1. The summed E-state index contributed by atoms with van der Waals surface area (Å²) in [4.78, 5) is 27.6. The van der Waals surface area contributed by atoms with E-state index in [1.807, 2.05) is 36.4 Å². The molecule has 1 heterocycles. The lowest BCUT2D eigenvalue weighted by Crippen LogP contribution is -2.38. The molecule has 1 amide bonds. The van der Waals surface area contributed by atoms with Crippen LogP contribution in [0.5, 0.6) is 5.75 Å². The Kier molecular flexibility index (Phi) is 4.73. The fourth-order valence-corrected chi connectivity index (χ4v) is 4.13. The average molecular weight is 379 g/mol. The molecule has 0 fully saturated rings. The van der Waals surface area contributed by atoms with Gasteiger partial charge in [0.1, 0.15) is 11.3 Å². The van der Waals surface area contributed by atoms with E-state index < -0.39 is 5.97 Å². The van der Waals surface area contributed by atoms with E-state index in [2.05, 4.69) is 0 Å². The lowest BCUT2D eigenvalue weighted by Gasteiger charge is -2.28. The third kappa shape index (κ3) is 3.36. The Morgan fingerprint density at radius 3 is 2.70 bits per heavy atom. The van der Waals surface area contributed by atoms with E-state index in [0.717, 1.165) is 21.7 Å². The van der Waals surface area contributed by atoms with Crippen molar-refractivity contribution >= 4 is 40.1 Å². The first-order chi connectivity index (χ1) is 13.1. The fraction of sp³-hybridized carbons (Fsp3) is 0.143. The highest BCUT2D eigenvalue weighted by atomic mass is 32.2. The van der Waals surface area contributed by atoms with Crippen LogP contribution in [0.1, 0.15) is 10.4 Å². The van der Waals surface area contributed by atoms with Gasteiger partial charge >= 0.3 is 5.97 Å². The van der Waals surface area contributed by atoms with Gasteiger partial charge in [-0.05, 0) is 23.6 Å². The SMILES string of the molecule is O=C(OCC(=O)N1CCSc2ccccc21)c1ccc2ccccc2c1O. The summed E-state index contributed by atoms with van der Waals surface area (Å²) in [6.07, 6.45) is 0. The molecule has 4 rings (SSSR count). The maximum absolute atomic E-state index is 12.6. The summed E-state index contributed by atoms with van der Waals surface area (Å²) in [5, 5.41) is 11.8. The zero-order valence-electron chi connectivity index (χ0n) is 14.4. The minimum Gasteiger partial charge on any atom is -0.506 e. The predicted octanol–water partition coefficient (Wildman–Crippen LogP) is 3.84. The molecule has 136 valence electrons. The van der Waals surface area contributed by atoms with Crippen LogP contribution in [0.3, 0.4) is 0 Å². The smallest absolute Gasteiger partial charge is 0.342 e. The second kappa shape index (κ2) is 7.32. The first kappa shape index (κ1) is 17.4. The minimum atomic E-state index is -0.716. The van der Waals surface area contributed by atoms with E-state index in [-0.39, 0.29) is 23.8 Å². The van der Waals surface area contributed by atoms with Crippen LogP contribution in [-0.2, 0) is 9.53 Å². The van der Waals surface area contributed by atoms with E-state index in [9.17, 15) is 14.7 Å². The van der Waals surface area contributed by atoms with Crippen molar-refractivity contribution in [3.63, 3.8) is 0 Å². The zero-order valence-corrected chi connectivity index (χ0v) is 15.2. The van der Waals surface area contributed by atoms with Crippen LogP contribution in [0.4, 0.5) is 5.69 Å². The number of ether oxygens (including phenoxy) is 1. The Hall–Kier alpha value is -2.99. The first-order valence-electron chi connectivity index (χ1n) is 8.55. The molecule has 0 spiro atoms. The van der Waals surface area contributed by atoms with Crippen molar-refractivity contribution in [3.05, 3.63) is 66.2 Å². The number of hydrogen-bond donors (Lipinski definition) is 1. The van der Waals surface area contributed by atoms with E-state index in [0.29, 0.717) is 11.9 Å². The molecule has 3 aromatic rings. The molecule has 0 saturated heterocycles. The van der Waals surface area contributed by atoms with E-state index in [1.165, 1.54) is 6.07 Å².